The number of carbonyl (C=O) groups excluding carboxylic acids is 2. The van der Waals surface area contributed by atoms with E-state index in [-0.39, 0.29) is 42.6 Å². The average Bonchev–Trinajstić information content (AvgIpc) is 3.18. The molecule has 0 radical (unpaired) electrons. The highest BCUT2D eigenvalue weighted by atomic mass is 32.2. The van der Waals surface area contributed by atoms with E-state index >= 15 is 0 Å². The number of thioether (sulfide) groups is 1. The first-order chi connectivity index (χ1) is 16.4. The van der Waals surface area contributed by atoms with Gasteiger partial charge < -0.3 is 14.6 Å². The standard InChI is InChI=1S/C23H27O9PS/c1-28-33(27,29-2)32-15-31-21(18-5-3-4-17(10-18)13-24)14-30-19-8-6-16(7-9-19)11-22-20(25)12-23(26)34-22/h3-10,21-22,24H,11-15H2,1-2H3. The number of benzene rings is 2. The van der Waals surface area contributed by atoms with E-state index in [2.05, 4.69) is 0 Å². The molecular formula is C23H27O9PS. The molecule has 1 N–H and O–H groups in total. The molecule has 0 spiro atoms. The van der Waals surface area contributed by atoms with Crippen LogP contribution in [0, 0.1) is 0 Å². The van der Waals surface area contributed by atoms with Gasteiger partial charge in [-0.2, -0.15) is 0 Å². The van der Waals surface area contributed by atoms with Crippen LogP contribution in [0.4, 0.5) is 0 Å². The van der Waals surface area contributed by atoms with E-state index in [1.54, 1.807) is 30.3 Å². The lowest BCUT2D eigenvalue weighted by atomic mass is 10.1. The summed E-state index contributed by atoms with van der Waals surface area (Å²) in [5, 5.41) is 9.04. The maximum Gasteiger partial charge on any atom is 0.476 e. The second-order valence-corrected chi connectivity index (χ2v) is 10.5. The molecule has 0 aromatic heterocycles. The Hall–Kier alpha value is -2.04. The number of aliphatic hydroxyl groups excluding tert-OH is 1. The van der Waals surface area contributed by atoms with Crippen LogP contribution in [-0.2, 0) is 45.5 Å². The molecule has 9 nitrogen and oxygen atoms in total. The molecule has 1 heterocycles. The summed E-state index contributed by atoms with van der Waals surface area (Å²) in [6.07, 6.45) is -0.110. The summed E-state index contributed by atoms with van der Waals surface area (Å²) in [5.41, 5.74) is 2.37. The van der Waals surface area contributed by atoms with Gasteiger partial charge in [-0.1, -0.05) is 48.2 Å². The Morgan fingerprint density at radius 3 is 2.44 bits per heavy atom. The fourth-order valence-corrected chi connectivity index (χ4v) is 4.86. The van der Waals surface area contributed by atoms with Crippen LogP contribution in [0.15, 0.2) is 48.5 Å². The summed E-state index contributed by atoms with van der Waals surface area (Å²) in [5.74, 6) is 0.548. The van der Waals surface area contributed by atoms with Gasteiger partial charge in [-0.15, -0.1) is 0 Å². The molecule has 2 aromatic rings. The molecule has 2 unspecified atom stereocenters. The quantitative estimate of drug-likeness (QED) is 0.242. The topological polar surface area (TPSA) is 118 Å². The number of Topliss-reactive ketones (excluding diaryl/α,β-unsaturated/α-hetero) is 1. The van der Waals surface area contributed by atoms with Gasteiger partial charge in [0.1, 0.15) is 18.5 Å². The first-order valence-corrected chi connectivity index (χ1v) is 12.8. The van der Waals surface area contributed by atoms with Crippen molar-refractivity contribution >= 4 is 30.5 Å². The molecule has 0 bridgehead atoms. The Kier molecular flexibility index (Phi) is 9.85. The number of phosphoric ester groups is 1. The molecule has 3 rings (SSSR count). The van der Waals surface area contributed by atoms with Gasteiger partial charge in [0.15, 0.2) is 17.7 Å². The number of phosphoric acid groups is 1. The first kappa shape index (κ1) is 26.6. The Morgan fingerprint density at radius 1 is 1.09 bits per heavy atom. The van der Waals surface area contributed by atoms with Gasteiger partial charge in [0.2, 0.25) is 0 Å². The monoisotopic (exact) mass is 510 g/mol. The number of hydrogen-bond donors (Lipinski definition) is 1. The number of ether oxygens (including phenoxy) is 2. The molecule has 0 amide bonds. The maximum atomic E-state index is 12.1. The van der Waals surface area contributed by atoms with Crippen molar-refractivity contribution in [2.75, 3.05) is 27.6 Å². The molecule has 1 aliphatic rings. The molecule has 34 heavy (non-hydrogen) atoms. The zero-order valence-electron chi connectivity index (χ0n) is 18.9. The summed E-state index contributed by atoms with van der Waals surface area (Å²) in [6, 6.07) is 14.4. The van der Waals surface area contributed by atoms with Gasteiger partial charge in [-0.05, 0) is 35.2 Å². The van der Waals surface area contributed by atoms with Crippen molar-refractivity contribution in [1.29, 1.82) is 0 Å². The molecule has 1 aliphatic heterocycles. The van der Waals surface area contributed by atoms with Gasteiger partial charge >= 0.3 is 7.82 Å². The fraction of sp³-hybridized carbons (Fsp3) is 0.391. The summed E-state index contributed by atoms with van der Waals surface area (Å²) in [4.78, 5) is 23.3. The number of ketones is 1. The van der Waals surface area contributed by atoms with Crippen molar-refractivity contribution in [3.63, 3.8) is 0 Å². The molecule has 0 saturated carbocycles. The zero-order valence-corrected chi connectivity index (χ0v) is 20.6. The molecule has 0 aliphatic carbocycles. The van der Waals surface area contributed by atoms with Crippen LogP contribution in [0.1, 0.15) is 29.2 Å². The Labute approximate surface area is 202 Å². The van der Waals surface area contributed by atoms with Crippen molar-refractivity contribution in [3.05, 3.63) is 65.2 Å². The van der Waals surface area contributed by atoms with Crippen molar-refractivity contribution < 1.29 is 42.3 Å². The molecule has 2 atom stereocenters. The second kappa shape index (κ2) is 12.6. The third kappa shape index (κ3) is 7.48. The van der Waals surface area contributed by atoms with E-state index in [9.17, 15) is 19.3 Å². The first-order valence-electron chi connectivity index (χ1n) is 10.5. The lowest BCUT2D eigenvalue weighted by molar-refractivity contribution is -0.121. The summed E-state index contributed by atoms with van der Waals surface area (Å²) in [7, 11) is -1.29. The smallest absolute Gasteiger partial charge is 0.476 e. The summed E-state index contributed by atoms with van der Waals surface area (Å²) in [6.45, 7) is -0.399. The lowest BCUT2D eigenvalue weighted by Gasteiger charge is -2.21. The minimum absolute atomic E-state index is 0.00330. The van der Waals surface area contributed by atoms with E-state index < -0.39 is 13.9 Å². The van der Waals surface area contributed by atoms with Crippen LogP contribution in [0.5, 0.6) is 5.75 Å². The van der Waals surface area contributed by atoms with Crippen LogP contribution in [-0.4, -0.2) is 48.9 Å². The number of aliphatic hydroxyl groups is 1. The van der Waals surface area contributed by atoms with E-state index in [0.29, 0.717) is 17.7 Å². The maximum absolute atomic E-state index is 12.1. The third-order valence-corrected chi connectivity index (χ3v) is 7.57. The Balaban J connectivity index is 1.63. The third-order valence-electron chi connectivity index (χ3n) is 5.13. The van der Waals surface area contributed by atoms with Gasteiger partial charge in [-0.3, -0.25) is 23.2 Å². The number of hydrogen-bond acceptors (Lipinski definition) is 10. The highest BCUT2D eigenvalue weighted by molar-refractivity contribution is 8.15. The van der Waals surface area contributed by atoms with Crippen LogP contribution in [0.3, 0.4) is 0 Å². The van der Waals surface area contributed by atoms with Crippen molar-refractivity contribution in [1.82, 2.24) is 0 Å². The minimum Gasteiger partial charge on any atom is -0.491 e. The average molecular weight is 511 g/mol. The van der Waals surface area contributed by atoms with E-state index in [1.807, 2.05) is 18.2 Å². The molecule has 1 saturated heterocycles. The van der Waals surface area contributed by atoms with Crippen molar-refractivity contribution in [2.45, 2.75) is 30.8 Å². The van der Waals surface area contributed by atoms with Crippen LogP contribution in [0.25, 0.3) is 0 Å². The summed E-state index contributed by atoms with van der Waals surface area (Å²) >= 11 is 1.10. The van der Waals surface area contributed by atoms with Gasteiger partial charge in [0, 0.05) is 14.2 Å². The Morgan fingerprint density at radius 2 is 1.82 bits per heavy atom. The predicted octanol–water partition coefficient (Wildman–Crippen LogP) is 3.83. The van der Waals surface area contributed by atoms with Crippen LogP contribution >= 0.6 is 19.6 Å². The number of carbonyl (C=O) groups is 2. The van der Waals surface area contributed by atoms with Crippen molar-refractivity contribution in [2.24, 2.45) is 0 Å². The van der Waals surface area contributed by atoms with E-state index in [0.717, 1.165) is 22.9 Å². The normalized spacial score (nSPS) is 17.2. The molecule has 11 heteroatoms. The fourth-order valence-electron chi connectivity index (χ4n) is 3.27. The largest absolute Gasteiger partial charge is 0.491 e. The molecule has 184 valence electrons. The van der Waals surface area contributed by atoms with E-state index in [1.165, 1.54) is 14.2 Å². The second-order valence-electron chi connectivity index (χ2n) is 7.40. The van der Waals surface area contributed by atoms with Gasteiger partial charge in [0.05, 0.1) is 18.3 Å². The molecule has 1 fully saturated rings. The lowest BCUT2D eigenvalue weighted by Crippen LogP contribution is -2.16. The Bertz CT molecular complexity index is 1020. The van der Waals surface area contributed by atoms with Crippen LogP contribution < -0.4 is 4.74 Å². The summed E-state index contributed by atoms with van der Waals surface area (Å²) < 4.78 is 38.3. The molecular weight excluding hydrogens is 483 g/mol. The van der Waals surface area contributed by atoms with Gasteiger partial charge in [0.25, 0.3) is 0 Å². The highest BCUT2D eigenvalue weighted by Gasteiger charge is 2.31. The van der Waals surface area contributed by atoms with Crippen LogP contribution in [0.2, 0.25) is 0 Å². The van der Waals surface area contributed by atoms with Crippen molar-refractivity contribution in [3.8, 4) is 5.75 Å². The SMILES string of the molecule is COP(=O)(OC)OCOC(COc1ccc(CC2SC(=O)CC2=O)cc1)c1cccc(CO)c1. The predicted molar refractivity (Wildman–Crippen MR) is 125 cm³/mol. The molecule has 2 aromatic carbocycles. The minimum atomic E-state index is -3.70. The van der Waals surface area contributed by atoms with E-state index in [4.69, 9.17) is 23.0 Å². The van der Waals surface area contributed by atoms with Gasteiger partial charge in [-0.25, -0.2) is 4.57 Å². The highest BCUT2D eigenvalue weighted by Crippen LogP contribution is 2.47. The zero-order chi connectivity index (χ0) is 24.6. The number of rotatable bonds is 13.